The molecule has 0 aliphatic carbocycles. The largest absolute Gasteiger partial charge is 0.481 e. The Morgan fingerprint density at radius 3 is 2.70 bits per heavy atom. The summed E-state index contributed by atoms with van der Waals surface area (Å²) in [6.45, 7) is 6.70. The summed E-state index contributed by atoms with van der Waals surface area (Å²) in [5.41, 5.74) is 0. The van der Waals surface area contributed by atoms with E-state index in [0.29, 0.717) is 24.8 Å². The molecule has 2 unspecified atom stereocenters. The minimum absolute atomic E-state index is 0.0320. The average Bonchev–Trinajstić information content (AvgIpc) is 2.85. The van der Waals surface area contributed by atoms with Gasteiger partial charge >= 0.3 is 5.97 Å². The van der Waals surface area contributed by atoms with Gasteiger partial charge in [0.1, 0.15) is 0 Å². The molecule has 0 spiro atoms. The Labute approximate surface area is 121 Å². The maximum absolute atomic E-state index is 11.8. The van der Waals surface area contributed by atoms with E-state index in [-0.39, 0.29) is 18.2 Å². The number of hydrogen-bond acceptors (Lipinski definition) is 3. The van der Waals surface area contributed by atoms with Crippen LogP contribution in [0.5, 0.6) is 0 Å². The van der Waals surface area contributed by atoms with Crippen molar-refractivity contribution in [3.63, 3.8) is 0 Å². The molecule has 1 aliphatic rings. The number of amides is 1. The zero-order valence-corrected chi connectivity index (χ0v) is 12.7. The number of carbonyl (C=O) groups excluding carboxylic acids is 1. The highest BCUT2D eigenvalue weighted by Gasteiger charge is 2.18. The third-order valence-electron chi connectivity index (χ3n) is 3.80. The van der Waals surface area contributed by atoms with Gasteiger partial charge in [-0.25, -0.2) is 0 Å². The van der Waals surface area contributed by atoms with Crippen molar-refractivity contribution in [3.05, 3.63) is 0 Å². The molecule has 1 aliphatic heterocycles. The standard InChI is InChI=1S/C15H28N2O3/c1-11(2)7-13(8-15(19)20)10-17-14(18)4-3-12-5-6-16-9-12/h11-13,16H,3-10H2,1-2H3,(H,17,18)(H,19,20). The van der Waals surface area contributed by atoms with Crippen LogP contribution in [-0.4, -0.2) is 36.6 Å². The second-order valence-electron chi connectivity index (χ2n) is 6.30. The molecular weight excluding hydrogens is 256 g/mol. The Hall–Kier alpha value is -1.10. The predicted octanol–water partition coefficient (Wildman–Crippen LogP) is 1.63. The number of carbonyl (C=O) groups is 2. The van der Waals surface area contributed by atoms with E-state index in [9.17, 15) is 9.59 Å². The Morgan fingerprint density at radius 2 is 2.15 bits per heavy atom. The van der Waals surface area contributed by atoms with Gasteiger partial charge in [0.05, 0.1) is 0 Å². The highest BCUT2D eigenvalue weighted by molar-refractivity contribution is 5.76. The zero-order chi connectivity index (χ0) is 15.0. The summed E-state index contributed by atoms with van der Waals surface area (Å²) >= 11 is 0. The molecule has 0 aromatic heterocycles. The maximum atomic E-state index is 11.8. The third kappa shape index (κ3) is 7.48. The molecule has 20 heavy (non-hydrogen) atoms. The Bertz CT molecular complexity index is 312. The van der Waals surface area contributed by atoms with Gasteiger partial charge in [-0.1, -0.05) is 13.8 Å². The van der Waals surface area contributed by atoms with Crippen molar-refractivity contribution >= 4 is 11.9 Å². The Kier molecular flexibility index (Phi) is 7.59. The van der Waals surface area contributed by atoms with Crippen molar-refractivity contribution in [2.75, 3.05) is 19.6 Å². The van der Waals surface area contributed by atoms with E-state index in [1.807, 2.05) is 0 Å². The predicted molar refractivity (Wildman–Crippen MR) is 78.4 cm³/mol. The first-order chi connectivity index (χ1) is 9.47. The van der Waals surface area contributed by atoms with Crippen LogP contribution in [0.15, 0.2) is 0 Å². The topological polar surface area (TPSA) is 78.4 Å². The van der Waals surface area contributed by atoms with Crippen LogP contribution in [0, 0.1) is 17.8 Å². The zero-order valence-electron chi connectivity index (χ0n) is 12.7. The van der Waals surface area contributed by atoms with Crippen LogP contribution in [0.3, 0.4) is 0 Å². The number of carboxylic acid groups (broad SMARTS) is 1. The highest BCUT2D eigenvalue weighted by Crippen LogP contribution is 2.16. The van der Waals surface area contributed by atoms with Crippen LogP contribution in [0.25, 0.3) is 0 Å². The van der Waals surface area contributed by atoms with E-state index >= 15 is 0 Å². The number of hydrogen-bond donors (Lipinski definition) is 3. The normalized spacial score (nSPS) is 20.1. The van der Waals surface area contributed by atoms with Crippen LogP contribution in [0.4, 0.5) is 0 Å². The molecule has 5 nitrogen and oxygen atoms in total. The lowest BCUT2D eigenvalue weighted by atomic mass is 9.94. The molecular formula is C15H28N2O3. The maximum Gasteiger partial charge on any atom is 0.303 e. The van der Waals surface area contributed by atoms with Crippen LogP contribution < -0.4 is 10.6 Å². The summed E-state index contributed by atoms with van der Waals surface area (Å²) in [4.78, 5) is 22.6. The fourth-order valence-electron chi connectivity index (χ4n) is 2.80. The summed E-state index contributed by atoms with van der Waals surface area (Å²) < 4.78 is 0. The van der Waals surface area contributed by atoms with E-state index in [1.54, 1.807) is 0 Å². The van der Waals surface area contributed by atoms with Crippen molar-refractivity contribution in [1.29, 1.82) is 0 Å². The van der Waals surface area contributed by atoms with E-state index in [1.165, 1.54) is 0 Å². The molecule has 1 rings (SSSR count). The summed E-state index contributed by atoms with van der Waals surface area (Å²) in [5.74, 6) is 0.356. The number of aliphatic carboxylic acids is 1. The smallest absolute Gasteiger partial charge is 0.303 e. The Morgan fingerprint density at radius 1 is 1.40 bits per heavy atom. The van der Waals surface area contributed by atoms with Gasteiger partial charge in [-0.15, -0.1) is 0 Å². The second-order valence-corrected chi connectivity index (χ2v) is 6.30. The summed E-state index contributed by atoms with van der Waals surface area (Å²) in [5, 5.41) is 15.1. The molecule has 1 saturated heterocycles. The fraction of sp³-hybridized carbons (Fsp3) is 0.867. The molecule has 2 atom stereocenters. The molecule has 0 aromatic rings. The second kappa shape index (κ2) is 8.95. The molecule has 1 fully saturated rings. The van der Waals surface area contributed by atoms with E-state index in [0.717, 1.165) is 32.4 Å². The molecule has 5 heteroatoms. The molecule has 1 heterocycles. The molecule has 0 radical (unpaired) electrons. The first-order valence-corrected chi connectivity index (χ1v) is 7.66. The van der Waals surface area contributed by atoms with Crippen molar-refractivity contribution in [2.45, 2.75) is 46.0 Å². The first kappa shape index (κ1) is 17.0. The first-order valence-electron chi connectivity index (χ1n) is 7.66. The highest BCUT2D eigenvalue weighted by atomic mass is 16.4. The lowest BCUT2D eigenvalue weighted by Gasteiger charge is -2.18. The van der Waals surface area contributed by atoms with E-state index < -0.39 is 5.97 Å². The van der Waals surface area contributed by atoms with Crippen molar-refractivity contribution in [3.8, 4) is 0 Å². The van der Waals surface area contributed by atoms with Crippen molar-refractivity contribution in [2.24, 2.45) is 17.8 Å². The summed E-state index contributed by atoms with van der Waals surface area (Å²) in [7, 11) is 0. The minimum atomic E-state index is -0.790. The lowest BCUT2D eigenvalue weighted by Crippen LogP contribution is -2.31. The monoisotopic (exact) mass is 284 g/mol. The van der Waals surface area contributed by atoms with Crippen LogP contribution in [0.1, 0.15) is 46.0 Å². The van der Waals surface area contributed by atoms with E-state index in [2.05, 4.69) is 24.5 Å². The quantitative estimate of drug-likeness (QED) is 0.601. The molecule has 116 valence electrons. The summed E-state index contributed by atoms with van der Waals surface area (Å²) in [6, 6.07) is 0. The SMILES string of the molecule is CC(C)CC(CNC(=O)CCC1CCNC1)CC(=O)O. The van der Waals surface area contributed by atoms with Gasteiger partial charge in [0.25, 0.3) is 0 Å². The molecule has 0 saturated carbocycles. The van der Waals surface area contributed by atoms with Crippen LogP contribution >= 0.6 is 0 Å². The fourth-order valence-corrected chi connectivity index (χ4v) is 2.80. The van der Waals surface area contributed by atoms with Crippen LogP contribution in [-0.2, 0) is 9.59 Å². The third-order valence-corrected chi connectivity index (χ3v) is 3.80. The number of carboxylic acids is 1. The minimum Gasteiger partial charge on any atom is -0.481 e. The van der Waals surface area contributed by atoms with Gasteiger partial charge in [-0.3, -0.25) is 9.59 Å². The van der Waals surface area contributed by atoms with Gasteiger partial charge < -0.3 is 15.7 Å². The number of nitrogens with one attached hydrogen (secondary N) is 2. The average molecular weight is 284 g/mol. The van der Waals surface area contributed by atoms with E-state index in [4.69, 9.17) is 5.11 Å². The van der Waals surface area contributed by atoms with Crippen LogP contribution in [0.2, 0.25) is 0 Å². The summed E-state index contributed by atoms with van der Waals surface area (Å²) in [6.07, 6.45) is 3.59. The molecule has 0 aromatic carbocycles. The molecule has 0 bridgehead atoms. The van der Waals surface area contributed by atoms with Gasteiger partial charge in [0.2, 0.25) is 5.91 Å². The van der Waals surface area contributed by atoms with Gasteiger partial charge in [0, 0.05) is 19.4 Å². The lowest BCUT2D eigenvalue weighted by molar-refractivity contribution is -0.138. The molecule has 1 amide bonds. The van der Waals surface area contributed by atoms with Crippen molar-refractivity contribution in [1.82, 2.24) is 10.6 Å². The van der Waals surface area contributed by atoms with Gasteiger partial charge in [0.15, 0.2) is 0 Å². The Balaban J connectivity index is 2.22. The van der Waals surface area contributed by atoms with Crippen molar-refractivity contribution < 1.29 is 14.7 Å². The number of rotatable bonds is 9. The van der Waals surface area contributed by atoms with Gasteiger partial charge in [-0.2, -0.15) is 0 Å². The van der Waals surface area contributed by atoms with Gasteiger partial charge in [-0.05, 0) is 50.1 Å². The molecule has 3 N–H and O–H groups in total.